The van der Waals surface area contributed by atoms with Crippen molar-refractivity contribution in [2.45, 2.75) is 25.9 Å². The molecule has 1 aliphatic heterocycles. The number of fused-ring (bicyclic) bond motifs is 1. The van der Waals surface area contributed by atoms with E-state index in [9.17, 15) is 4.39 Å². The number of hydrogen-bond donors (Lipinski definition) is 2. The number of rotatable bonds is 4. The van der Waals surface area contributed by atoms with Crippen LogP contribution in [0, 0.1) is 0 Å². The predicted molar refractivity (Wildman–Crippen MR) is 87.7 cm³/mol. The molecule has 6 heteroatoms. The van der Waals surface area contributed by atoms with Crippen molar-refractivity contribution in [2.24, 2.45) is 0 Å². The normalized spacial score (nSPS) is 19.2. The van der Waals surface area contributed by atoms with Gasteiger partial charge in [0.1, 0.15) is 0 Å². The van der Waals surface area contributed by atoms with E-state index in [2.05, 4.69) is 21.2 Å². The summed E-state index contributed by atoms with van der Waals surface area (Å²) in [6.07, 6.45) is 0.119. The van der Waals surface area contributed by atoms with Gasteiger partial charge in [-0.3, -0.25) is 0 Å². The number of halogens is 2. The van der Waals surface area contributed by atoms with Crippen LogP contribution in [0.3, 0.4) is 0 Å². The Kier molecular flexibility index (Phi) is 3.87. The second-order valence-electron chi connectivity index (χ2n) is 5.05. The number of para-hydroxylation sites is 1. The summed E-state index contributed by atoms with van der Waals surface area (Å²) >= 11 is 3.37. The highest BCUT2D eigenvalue weighted by atomic mass is 79.9. The van der Waals surface area contributed by atoms with E-state index >= 15 is 0 Å². The molecule has 0 radical (unpaired) electrons. The van der Waals surface area contributed by atoms with E-state index < -0.39 is 6.04 Å². The molecule has 1 aliphatic rings. The third kappa shape index (κ3) is 2.83. The van der Waals surface area contributed by atoms with Gasteiger partial charge in [-0.25, -0.2) is 0 Å². The average molecular weight is 367 g/mol. The van der Waals surface area contributed by atoms with Gasteiger partial charge in [-0.2, -0.15) is 4.39 Å². The van der Waals surface area contributed by atoms with E-state index in [1.54, 1.807) is 13.0 Å². The van der Waals surface area contributed by atoms with Gasteiger partial charge in [0.15, 0.2) is 11.5 Å². The molecule has 1 atom stereocenters. The Labute approximate surface area is 136 Å². The summed E-state index contributed by atoms with van der Waals surface area (Å²) in [5, 5.41) is 3.23. The van der Waals surface area contributed by atoms with Crippen LogP contribution >= 0.6 is 15.9 Å². The van der Waals surface area contributed by atoms with Crippen molar-refractivity contribution in [3.63, 3.8) is 0 Å². The Balaban J connectivity index is 1.79. The fraction of sp³-hybridized carbons (Fsp3) is 0.250. The molecule has 1 heterocycles. The van der Waals surface area contributed by atoms with E-state index in [1.807, 2.05) is 30.3 Å². The minimum absolute atomic E-state index is 0.119. The minimum atomic E-state index is -2.07. The lowest BCUT2D eigenvalue weighted by Gasteiger charge is -2.16. The molecular formula is C16H16BrFN2O2. The SMILES string of the molecule is CCC1(F)Oc2cccc(CNc3ccc(Br)cc3N)c2O1. The fourth-order valence-corrected chi connectivity index (χ4v) is 2.64. The first-order valence-electron chi connectivity index (χ1n) is 6.98. The lowest BCUT2D eigenvalue weighted by molar-refractivity contribution is -0.191. The van der Waals surface area contributed by atoms with Crippen LogP contribution in [0.25, 0.3) is 0 Å². The zero-order valence-electron chi connectivity index (χ0n) is 12.0. The van der Waals surface area contributed by atoms with Crippen LogP contribution in [0.15, 0.2) is 40.9 Å². The second kappa shape index (κ2) is 5.68. The Morgan fingerprint density at radius 2 is 2.09 bits per heavy atom. The number of anilines is 2. The van der Waals surface area contributed by atoms with Crippen LogP contribution in [-0.2, 0) is 6.54 Å². The maximum absolute atomic E-state index is 14.2. The second-order valence-corrected chi connectivity index (χ2v) is 5.96. The van der Waals surface area contributed by atoms with Gasteiger partial charge in [-0.1, -0.05) is 35.0 Å². The number of hydrogen-bond acceptors (Lipinski definition) is 4. The number of nitrogen functional groups attached to an aromatic ring is 1. The van der Waals surface area contributed by atoms with Crippen molar-refractivity contribution >= 4 is 27.3 Å². The molecule has 2 aromatic carbocycles. The van der Waals surface area contributed by atoms with Crippen molar-refractivity contribution in [3.8, 4) is 11.5 Å². The molecule has 0 aliphatic carbocycles. The number of benzene rings is 2. The molecule has 116 valence electrons. The van der Waals surface area contributed by atoms with Gasteiger partial charge in [0.05, 0.1) is 17.8 Å². The zero-order chi connectivity index (χ0) is 15.7. The minimum Gasteiger partial charge on any atom is -0.423 e. The van der Waals surface area contributed by atoms with Gasteiger partial charge in [0.2, 0.25) is 0 Å². The average Bonchev–Trinajstić information content (AvgIpc) is 2.84. The highest BCUT2D eigenvalue weighted by Crippen LogP contribution is 2.44. The van der Waals surface area contributed by atoms with Crippen LogP contribution in [0.1, 0.15) is 18.9 Å². The van der Waals surface area contributed by atoms with Gasteiger partial charge in [-0.15, -0.1) is 0 Å². The molecule has 2 aromatic rings. The summed E-state index contributed by atoms with van der Waals surface area (Å²) < 4.78 is 25.7. The summed E-state index contributed by atoms with van der Waals surface area (Å²) in [6.45, 7) is 2.13. The van der Waals surface area contributed by atoms with E-state index in [-0.39, 0.29) is 6.42 Å². The largest absolute Gasteiger partial charge is 0.423 e. The maximum atomic E-state index is 14.2. The Morgan fingerprint density at radius 1 is 1.27 bits per heavy atom. The predicted octanol–water partition coefficient (Wildman–Crippen LogP) is 4.45. The molecule has 0 saturated carbocycles. The zero-order valence-corrected chi connectivity index (χ0v) is 13.6. The first kappa shape index (κ1) is 15.0. The molecule has 0 fully saturated rings. The highest BCUT2D eigenvalue weighted by Gasteiger charge is 2.41. The van der Waals surface area contributed by atoms with Crippen LogP contribution in [-0.4, -0.2) is 6.04 Å². The fourth-order valence-electron chi connectivity index (χ4n) is 2.26. The lowest BCUT2D eigenvalue weighted by Crippen LogP contribution is -2.31. The van der Waals surface area contributed by atoms with Crippen LogP contribution < -0.4 is 20.5 Å². The molecule has 0 spiro atoms. The summed E-state index contributed by atoms with van der Waals surface area (Å²) in [7, 11) is 0. The topological polar surface area (TPSA) is 56.5 Å². The van der Waals surface area contributed by atoms with E-state index in [0.717, 1.165) is 15.7 Å². The van der Waals surface area contributed by atoms with Gasteiger partial charge in [0, 0.05) is 16.6 Å². The Hall–Kier alpha value is -1.95. The molecule has 4 nitrogen and oxygen atoms in total. The quantitative estimate of drug-likeness (QED) is 0.784. The summed E-state index contributed by atoms with van der Waals surface area (Å²) in [5.41, 5.74) is 8.21. The molecule has 0 bridgehead atoms. The molecule has 0 saturated heterocycles. The molecule has 0 amide bonds. The third-order valence-corrected chi connectivity index (χ3v) is 3.98. The molecule has 3 N–H and O–H groups in total. The summed E-state index contributed by atoms with van der Waals surface area (Å²) in [4.78, 5) is 0. The molecular weight excluding hydrogens is 351 g/mol. The van der Waals surface area contributed by atoms with E-state index in [1.165, 1.54) is 0 Å². The Morgan fingerprint density at radius 3 is 2.82 bits per heavy atom. The van der Waals surface area contributed by atoms with E-state index in [4.69, 9.17) is 15.2 Å². The molecule has 0 aromatic heterocycles. The van der Waals surface area contributed by atoms with Crippen molar-refractivity contribution in [1.82, 2.24) is 0 Å². The third-order valence-electron chi connectivity index (χ3n) is 3.48. The first-order valence-corrected chi connectivity index (χ1v) is 7.78. The summed E-state index contributed by atoms with van der Waals surface area (Å²) in [5.74, 6) is 0.863. The number of ether oxygens (including phenoxy) is 2. The van der Waals surface area contributed by atoms with Crippen molar-refractivity contribution in [1.29, 1.82) is 0 Å². The van der Waals surface area contributed by atoms with Crippen LogP contribution in [0.2, 0.25) is 0 Å². The van der Waals surface area contributed by atoms with Gasteiger partial charge in [0.25, 0.3) is 0 Å². The first-order chi connectivity index (χ1) is 10.5. The van der Waals surface area contributed by atoms with Crippen LogP contribution in [0.5, 0.6) is 11.5 Å². The van der Waals surface area contributed by atoms with Crippen molar-refractivity contribution < 1.29 is 13.9 Å². The van der Waals surface area contributed by atoms with Crippen LogP contribution in [0.4, 0.5) is 15.8 Å². The standard InChI is InChI=1S/C16H16BrFN2O2/c1-2-16(18)21-14-5-3-4-10(15(14)22-16)9-20-13-7-6-11(17)8-12(13)19/h3-8,20H,2,9,19H2,1H3. The number of nitrogens with one attached hydrogen (secondary N) is 1. The molecule has 22 heavy (non-hydrogen) atoms. The van der Waals surface area contributed by atoms with Crippen molar-refractivity contribution in [2.75, 3.05) is 11.1 Å². The van der Waals surface area contributed by atoms with Gasteiger partial charge >= 0.3 is 6.04 Å². The molecule has 1 unspecified atom stereocenters. The lowest BCUT2D eigenvalue weighted by atomic mass is 10.1. The summed E-state index contributed by atoms with van der Waals surface area (Å²) in [6, 6.07) is 8.90. The Bertz CT molecular complexity index is 711. The number of alkyl halides is 1. The monoisotopic (exact) mass is 366 g/mol. The highest BCUT2D eigenvalue weighted by molar-refractivity contribution is 9.10. The smallest absolute Gasteiger partial charge is 0.407 e. The van der Waals surface area contributed by atoms with Gasteiger partial charge in [-0.05, 0) is 24.3 Å². The van der Waals surface area contributed by atoms with Gasteiger partial charge < -0.3 is 20.5 Å². The number of nitrogens with two attached hydrogens (primary N) is 1. The van der Waals surface area contributed by atoms with E-state index in [0.29, 0.717) is 23.7 Å². The maximum Gasteiger partial charge on any atom is 0.407 e. The van der Waals surface area contributed by atoms with Crippen molar-refractivity contribution in [3.05, 3.63) is 46.4 Å². The molecule has 3 rings (SSSR count).